The van der Waals surface area contributed by atoms with Crippen LogP contribution in [-0.2, 0) is 19.6 Å². The van der Waals surface area contributed by atoms with Crippen LogP contribution in [0.3, 0.4) is 0 Å². The zero-order valence-corrected chi connectivity index (χ0v) is 8.93. The van der Waals surface area contributed by atoms with E-state index in [9.17, 15) is 0 Å². The van der Waals surface area contributed by atoms with E-state index in [1.54, 1.807) is 0 Å². The summed E-state index contributed by atoms with van der Waals surface area (Å²) in [4.78, 5) is 2.27. The summed E-state index contributed by atoms with van der Waals surface area (Å²) < 4.78 is 3.17. The van der Waals surface area contributed by atoms with Gasteiger partial charge < -0.3 is 0 Å². The molecular formula is C8H12BrN3. The summed E-state index contributed by atoms with van der Waals surface area (Å²) in [5.41, 5.74) is 2.59. The average Bonchev–Trinajstić information content (AvgIpc) is 2.51. The van der Waals surface area contributed by atoms with Crippen LogP contribution in [-0.4, -0.2) is 21.7 Å². The molecule has 0 aliphatic carbocycles. The third-order valence-electron chi connectivity index (χ3n) is 2.21. The quantitative estimate of drug-likeness (QED) is 0.730. The molecule has 0 saturated heterocycles. The molecule has 1 aromatic heterocycles. The predicted octanol–water partition coefficient (Wildman–Crippen LogP) is 1.61. The molecule has 0 saturated carbocycles. The molecule has 0 unspecified atom stereocenters. The van der Waals surface area contributed by atoms with E-state index in [1.807, 2.05) is 4.68 Å². The molecule has 0 radical (unpaired) electrons. The first-order valence-corrected chi connectivity index (χ1v) is 4.94. The Morgan fingerprint density at radius 1 is 1.50 bits per heavy atom. The standard InChI is InChI=1S/C8H12BrN3/c1-3-12-8(9)6-4-11(2)5-7(6)10-12/h3-5H2,1-2H3. The molecule has 2 heterocycles. The van der Waals surface area contributed by atoms with E-state index in [0.717, 1.165) is 24.2 Å². The maximum atomic E-state index is 4.49. The summed E-state index contributed by atoms with van der Waals surface area (Å²) in [7, 11) is 2.12. The molecule has 2 rings (SSSR count). The van der Waals surface area contributed by atoms with Crippen LogP contribution >= 0.6 is 15.9 Å². The Bertz CT molecular complexity index is 305. The third kappa shape index (κ3) is 1.10. The summed E-state index contributed by atoms with van der Waals surface area (Å²) in [5, 5.41) is 4.49. The van der Waals surface area contributed by atoms with Gasteiger partial charge in [0, 0.05) is 25.2 Å². The smallest absolute Gasteiger partial charge is 0.108 e. The van der Waals surface area contributed by atoms with Crippen molar-refractivity contribution in [3.8, 4) is 0 Å². The molecule has 0 fully saturated rings. The number of aryl methyl sites for hydroxylation is 1. The van der Waals surface area contributed by atoms with Crippen molar-refractivity contribution in [3.05, 3.63) is 15.9 Å². The lowest BCUT2D eigenvalue weighted by molar-refractivity contribution is 0.344. The van der Waals surface area contributed by atoms with Gasteiger partial charge in [0.05, 0.1) is 5.69 Å². The first-order chi connectivity index (χ1) is 5.72. The summed E-state index contributed by atoms with van der Waals surface area (Å²) in [6.45, 7) is 5.06. The van der Waals surface area contributed by atoms with Gasteiger partial charge in [-0.3, -0.25) is 9.58 Å². The predicted molar refractivity (Wildman–Crippen MR) is 50.8 cm³/mol. The molecule has 0 spiro atoms. The fourth-order valence-corrected chi connectivity index (χ4v) is 2.28. The van der Waals surface area contributed by atoms with Gasteiger partial charge in [-0.15, -0.1) is 0 Å². The maximum Gasteiger partial charge on any atom is 0.108 e. The minimum absolute atomic E-state index is 0.942. The number of aromatic nitrogens is 2. The highest BCUT2D eigenvalue weighted by Gasteiger charge is 2.23. The zero-order valence-electron chi connectivity index (χ0n) is 7.34. The molecule has 0 amide bonds. The first-order valence-electron chi connectivity index (χ1n) is 4.15. The second-order valence-corrected chi connectivity index (χ2v) is 3.96. The Kier molecular flexibility index (Phi) is 1.96. The summed E-state index contributed by atoms with van der Waals surface area (Å²) >= 11 is 3.56. The van der Waals surface area contributed by atoms with E-state index in [-0.39, 0.29) is 0 Å². The van der Waals surface area contributed by atoms with E-state index < -0.39 is 0 Å². The second-order valence-electron chi connectivity index (χ2n) is 3.20. The SMILES string of the molecule is CCn1nc2c(c1Br)CN(C)C2. The molecule has 0 atom stereocenters. The van der Waals surface area contributed by atoms with Crippen LogP contribution < -0.4 is 0 Å². The van der Waals surface area contributed by atoms with E-state index >= 15 is 0 Å². The van der Waals surface area contributed by atoms with Crippen LogP contribution in [0, 0.1) is 0 Å². The minimum Gasteiger partial charge on any atom is -0.296 e. The summed E-state index contributed by atoms with van der Waals surface area (Å²) in [6.07, 6.45) is 0. The molecule has 4 heteroatoms. The number of nitrogens with zero attached hydrogens (tertiary/aromatic N) is 3. The highest BCUT2D eigenvalue weighted by molar-refractivity contribution is 9.10. The van der Waals surface area contributed by atoms with E-state index in [1.165, 1.54) is 11.3 Å². The van der Waals surface area contributed by atoms with Crippen LogP contribution in [0.1, 0.15) is 18.2 Å². The number of halogens is 1. The number of rotatable bonds is 1. The maximum absolute atomic E-state index is 4.49. The Labute approximate surface area is 80.5 Å². The van der Waals surface area contributed by atoms with Crippen molar-refractivity contribution in [3.63, 3.8) is 0 Å². The molecule has 1 aromatic rings. The Balaban J connectivity index is 2.41. The van der Waals surface area contributed by atoms with Gasteiger partial charge in [-0.1, -0.05) is 0 Å². The number of hydrogen-bond acceptors (Lipinski definition) is 2. The zero-order chi connectivity index (χ0) is 8.72. The Hall–Kier alpha value is -0.350. The Morgan fingerprint density at radius 3 is 2.83 bits per heavy atom. The van der Waals surface area contributed by atoms with E-state index in [4.69, 9.17) is 0 Å². The molecule has 0 bridgehead atoms. The van der Waals surface area contributed by atoms with Crippen LogP contribution in [0.4, 0.5) is 0 Å². The van der Waals surface area contributed by atoms with Gasteiger partial charge in [0.15, 0.2) is 0 Å². The van der Waals surface area contributed by atoms with Gasteiger partial charge in [-0.05, 0) is 29.9 Å². The molecule has 66 valence electrons. The molecule has 3 nitrogen and oxygen atoms in total. The fraction of sp³-hybridized carbons (Fsp3) is 0.625. The number of hydrogen-bond donors (Lipinski definition) is 0. The highest BCUT2D eigenvalue weighted by atomic mass is 79.9. The first kappa shape index (κ1) is 8.26. The van der Waals surface area contributed by atoms with Gasteiger partial charge in [0.25, 0.3) is 0 Å². The monoisotopic (exact) mass is 229 g/mol. The lowest BCUT2D eigenvalue weighted by Crippen LogP contribution is -2.11. The van der Waals surface area contributed by atoms with Crippen molar-refractivity contribution in [1.29, 1.82) is 0 Å². The Morgan fingerprint density at radius 2 is 2.25 bits per heavy atom. The third-order valence-corrected chi connectivity index (χ3v) is 3.10. The van der Waals surface area contributed by atoms with Gasteiger partial charge >= 0.3 is 0 Å². The lowest BCUT2D eigenvalue weighted by Gasteiger charge is -2.06. The van der Waals surface area contributed by atoms with Crippen molar-refractivity contribution in [2.75, 3.05) is 7.05 Å². The average molecular weight is 230 g/mol. The summed E-state index contributed by atoms with van der Waals surface area (Å²) in [6, 6.07) is 0. The van der Waals surface area contributed by atoms with E-state index in [2.05, 4.69) is 39.9 Å². The molecule has 0 N–H and O–H groups in total. The van der Waals surface area contributed by atoms with Crippen molar-refractivity contribution >= 4 is 15.9 Å². The van der Waals surface area contributed by atoms with Crippen LogP contribution in [0.5, 0.6) is 0 Å². The highest BCUT2D eigenvalue weighted by Crippen LogP contribution is 2.27. The number of fused-ring (bicyclic) bond motifs is 1. The van der Waals surface area contributed by atoms with Gasteiger partial charge in [-0.2, -0.15) is 5.10 Å². The largest absolute Gasteiger partial charge is 0.296 e. The van der Waals surface area contributed by atoms with Crippen molar-refractivity contribution in [2.24, 2.45) is 0 Å². The van der Waals surface area contributed by atoms with Crippen molar-refractivity contribution < 1.29 is 0 Å². The molecule has 1 aliphatic heterocycles. The molecule has 0 aromatic carbocycles. The minimum atomic E-state index is 0.942. The van der Waals surface area contributed by atoms with Gasteiger partial charge in [0.1, 0.15) is 4.60 Å². The van der Waals surface area contributed by atoms with Crippen molar-refractivity contribution in [1.82, 2.24) is 14.7 Å². The van der Waals surface area contributed by atoms with Crippen LogP contribution in [0.2, 0.25) is 0 Å². The van der Waals surface area contributed by atoms with Crippen molar-refractivity contribution in [2.45, 2.75) is 26.6 Å². The fourth-order valence-electron chi connectivity index (χ4n) is 1.60. The van der Waals surface area contributed by atoms with Crippen LogP contribution in [0.15, 0.2) is 4.60 Å². The van der Waals surface area contributed by atoms with Gasteiger partial charge in [-0.25, -0.2) is 0 Å². The van der Waals surface area contributed by atoms with Gasteiger partial charge in [0.2, 0.25) is 0 Å². The normalized spacial score (nSPS) is 16.9. The summed E-state index contributed by atoms with van der Waals surface area (Å²) in [5.74, 6) is 0. The van der Waals surface area contributed by atoms with Crippen LogP contribution in [0.25, 0.3) is 0 Å². The van der Waals surface area contributed by atoms with E-state index in [0.29, 0.717) is 0 Å². The topological polar surface area (TPSA) is 21.1 Å². The molecular weight excluding hydrogens is 218 g/mol. The molecule has 1 aliphatic rings. The second kappa shape index (κ2) is 2.85. The molecule has 12 heavy (non-hydrogen) atoms. The lowest BCUT2D eigenvalue weighted by atomic mass is 10.3.